The highest BCUT2D eigenvalue weighted by Gasteiger charge is 2.21. The molecule has 0 aromatic carbocycles. The number of anilines is 2. The second-order valence-corrected chi connectivity index (χ2v) is 3.93. The molecule has 6 nitrogen and oxygen atoms in total. The monoisotopic (exact) mass is 223 g/mol. The van der Waals surface area contributed by atoms with Crippen LogP contribution in [0.4, 0.5) is 11.6 Å². The van der Waals surface area contributed by atoms with Crippen molar-refractivity contribution in [3.8, 4) is 0 Å². The Bertz CT molecular complexity index is 364. The van der Waals surface area contributed by atoms with E-state index in [-0.39, 0.29) is 0 Å². The second-order valence-electron chi connectivity index (χ2n) is 3.93. The number of aryl methyl sites for hydroxylation is 1. The Kier molecular flexibility index (Phi) is 3.21. The van der Waals surface area contributed by atoms with E-state index in [0.717, 1.165) is 25.5 Å². The molecule has 1 unspecified atom stereocenters. The van der Waals surface area contributed by atoms with Crippen LogP contribution < -0.4 is 16.2 Å². The third-order valence-electron chi connectivity index (χ3n) is 2.79. The van der Waals surface area contributed by atoms with Gasteiger partial charge in [0.25, 0.3) is 0 Å². The Balaban J connectivity index is 2.21. The molecule has 1 atom stereocenters. The highest BCUT2D eigenvalue weighted by Crippen LogP contribution is 2.20. The summed E-state index contributed by atoms with van der Waals surface area (Å²) in [7, 11) is 2.02. The Hall–Kier alpha value is -1.40. The lowest BCUT2D eigenvalue weighted by atomic mass is 10.2. The summed E-state index contributed by atoms with van der Waals surface area (Å²) >= 11 is 0. The molecule has 16 heavy (non-hydrogen) atoms. The minimum atomic E-state index is 0.389. The number of likely N-dealkylation sites (N-methyl/N-ethyl adjacent to an activating group) is 1. The van der Waals surface area contributed by atoms with Gasteiger partial charge in [-0.25, -0.2) is 15.8 Å². The zero-order valence-electron chi connectivity index (χ0n) is 9.60. The molecule has 0 spiro atoms. The first-order chi connectivity index (χ1) is 7.70. The standard InChI is InChI=1S/C10H17N5O/c1-7-12-9(14-11)5-10(13-7)15(2)8-3-4-16-6-8/h5,8H,3-4,6,11H2,1-2H3,(H,12,13,14). The number of nitrogen functional groups attached to an aromatic ring is 1. The van der Waals surface area contributed by atoms with Crippen molar-refractivity contribution in [2.45, 2.75) is 19.4 Å². The smallest absolute Gasteiger partial charge is 0.145 e. The van der Waals surface area contributed by atoms with E-state index in [1.165, 1.54) is 0 Å². The molecule has 0 amide bonds. The van der Waals surface area contributed by atoms with Crippen LogP contribution in [0.3, 0.4) is 0 Å². The van der Waals surface area contributed by atoms with Gasteiger partial charge in [-0.2, -0.15) is 0 Å². The third-order valence-corrected chi connectivity index (χ3v) is 2.79. The first-order valence-electron chi connectivity index (χ1n) is 5.33. The van der Waals surface area contributed by atoms with Crippen molar-refractivity contribution < 1.29 is 4.74 Å². The van der Waals surface area contributed by atoms with Crippen molar-refractivity contribution in [3.05, 3.63) is 11.9 Å². The van der Waals surface area contributed by atoms with Crippen molar-refractivity contribution >= 4 is 11.6 Å². The summed E-state index contributed by atoms with van der Waals surface area (Å²) < 4.78 is 5.36. The zero-order chi connectivity index (χ0) is 11.5. The molecule has 0 bridgehead atoms. The minimum absolute atomic E-state index is 0.389. The van der Waals surface area contributed by atoms with Crippen LogP contribution >= 0.6 is 0 Å². The topological polar surface area (TPSA) is 76.3 Å². The molecule has 1 fully saturated rings. The molecule has 0 aliphatic carbocycles. The van der Waals surface area contributed by atoms with E-state index in [2.05, 4.69) is 20.3 Å². The van der Waals surface area contributed by atoms with E-state index in [4.69, 9.17) is 10.6 Å². The first-order valence-corrected chi connectivity index (χ1v) is 5.33. The summed E-state index contributed by atoms with van der Waals surface area (Å²) in [6.07, 6.45) is 1.03. The predicted molar refractivity (Wildman–Crippen MR) is 62.2 cm³/mol. The molecule has 0 radical (unpaired) electrons. The SMILES string of the molecule is Cc1nc(NN)cc(N(C)C2CCOC2)n1. The van der Waals surface area contributed by atoms with Gasteiger partial charge in [0.2, 0.25) is 0 Å². The number of nitrogens with two attached hydrogens (primary N) is 1. The largest absolute Gasteiger partial charge is 0.379 e. The number of nitrogens with zero attached hydrogens (tertiary/aromatic N) is 3. The van der Waals surface area contributed by atoms with E-state index < -0.39 is 0 Å². The summed E-state index contributed by atoms with van der Waals surface area (Å²) in [5.74, 6) is 7.57. The lowest BCUT2D eigenvalue weighted by Gasteiger charge is -2.24. The molecule has 1 aliphatic heterocycles. The van der Waals surface area contributed by atoms with E-state index >= 15 is 0 Å². The van der Waals surface area contributed by atoms with Gasteiger partial charge in [0.1, 0.15) is 17.5 Å². The molecule has 0 saturated carbocycles. The van der Waals surface area contributed by atoms with Crippen molar-refractivity contribution in [1.29, 1.82) is 0 Å². The lowest BCUT2D eigenvalue weighted by Crippen LogP contribution is -2.32. The van der Waals surface area contributed by atoms with Gasteiger partial charge >= 0.3 is 0 Å². The Morgan fingerprint density at radius 2 is 2.38 bits per heavy atom. The molecule has 2 heterocycles. The normalized spacial score (nSPS) is 19.8. The van der Waals surface area contributed by atoms with Gasteiger partial charge in [0.05, 0.1) is 12.6 Å². The van der Waals surface area contributed by atoms with Crippen LogP contribution in [0, 0.1) is 6.92 Å². The van der Waals surface area contributed by atoms with Crippen LogP contribution in [0.25, 0.3) is 0 Å². The maximum atomic E-state index is 5.36. The summed E-state index contributed by atoms with van der Waals surface area (Å²) in [5, 5.41) is 0. The highest BCUT2D eigenvalue weighted by molar-refractivity contribution is 5.49. The van der Waals surface area contributed by atoms with E-state index in [9.17, 15) is 0 Å². The van der Waals surface area contributed by atoms with Crippen molar-refractivity contribution in [3.63, 3.8) is 0 Å². The number of rotatable bonds is 3. The average Bonchev–Trinajstić information content (AvgIpc) is 2.80. The summed E-state index contributed by atoms with van der Waals surface area (Å²) in [4.78, 5) is 10.7. The predicted octanol–water partition coefficient (Wildman–Crippen LogP) is 0.296. The van der Waals surface area contributed by atoms with E-state index in [0.29, 0.717) is 17.7 Å². The first kappa shape index (κ1) is 11.1. The minimum Gasteiger partial charge on any atom is -0.379 e. The zero-order valence-corrected chi connectivity index (χ0v) is 9.60. The van der Waals surface area contributed by atoms with Crippen molar-refractivity contribution in [2.24, 2.45) is 5.84 Å². The van der Waals surface area contributed by atoms with Gasteiger partial charge < -0.3 is 15.1 Å². The number of aromatic nitrogens is 2. The molecule has 1 aromatic rings. The molecule has 6 heteroatoms. The molecule has 3 N–H and O–H groups in total. The second kappa shape index (κ2) is 4.63. The summed E-state index contributed by atoms with van der Waals surface area (Å²) in [6.45, 7) is 3.43. The number of nitrogens with one attached hydrogen (secondary N) is 1. The van der Waals surface area contributed by atoms with Gasteiger partial charge in [-0.3, -0.25) is 0 Å². The molecule has 1 saturated heterocycles. The number of hydrogen-bond donors (Lipinski definition) is 2. The van der Waals surface area contributed by atoms with E-state index in [1.54, 1.807) is 0 Å². The van der Waals surface area contributed by atoms with E-state index in [1.807, 2.05) is 20.0 Å². The Morgan fingerprint density at radius 1 is 1.56 bits per heavy atom. The fourth-order valence-electron chi connectivity index (χ4n) is 1.82. The Morgan fingerprint density at radius 3 is 3.00 bits per heavy atom. The highest BCUT2D eigenvalue weighted by atomic mass is 16.5. The summed E-state index contributed by atoms with van der Waals surface area (Å²) in [5.41, 5.74) is 2.54. The van der Waals surface area contributed by atoms with Crippen LogP contribution in [-0.4, -0.2) is 36.3 Å². The van der Waals surface area contributed by atoms with Gasteiger partial charge in [0, 0.05) is 19.7 Å². The maximum absolute atomic E-state index is 5.36. The Labute approximate surface area is 94.8 Å². The van der Waals surface area contributed by atoms with Gasteiger partial charge in [-0.05, 0) is 13.3 Å². The van der Waals surface area contributed by atoms with Gasteiger partial charge in [-0.1, -0.05) is 0 Å². The third kappa shape index (κ3) is 2.23. The number of hydrogen-bond acceptors (Lipinski definition) is 6. The van der Waals surface area contributed by atoms with Crippen LogP contribution in [0.5, 0.6) is 0 Å². The van der Waals surface area contributed by atoms with Crippen molar-refractivity contribution in [2.75, 3.05) is 30.6 Å². The number of hydrazine groups is 1. The number of ether oxygens (including phenoxy) is 1. The maximum Gasteiger partial charge on any atom is 0.145 e. The van der Waals surface area contributed by atoms with Crippen LogP contribution in [0.2, 0.25) is 0 Å². The molecular weight excluding hydrogens is 206 g/mol. The van der Waals surface area contributed by atoms with Crippen molar-refractivity contribution in [1.82, 2.24) is 9.97 Å². The summed E-state index contributed by atoms with van der Waals surface area (Å²) in [6, 6.07) is 2.23. The lowest BCUT2D eigenvalue weighted by molar-refractivity contribution is 0.193. The van der Waals surface area contributed by atoms with Crippen LogP contribution in [0.15, 0.2) is 6.07 Å². The average molecular weight is 223 g/mol. The molecule has 1 aliphatic rings. The molecule has 2 rings (SSSR count). The molecule has 1 aromatic heterocycles. The fourth-order valence-corrected chi connectivity index (χ4v) is 1.82. The van der Waals surface area contributed by atoms with Crippen LogP contribution in [-0.2, 0) is 4.74 Å². The van der Waals surface area contributed by atoms with Gasteiger partial charge in [0.15, 0.2) is 0 Å². The van der Waals surface area contributed by atoms with Gasteiger partial charge in [-0.15, -0.1) is 0 Å². The fraction of sp³-hybridized carbons (Fsp3) is 0.600. The molecule has 88 valence electrons. The molecular formula is C10H17N5O. The van der Waals surface area contributed by atoms with Crippen LogP contribution in [0.1, 0.15) is 12.2 Å². The quantitative estimate of drug-likeness (QED) is 0.567.